The van der Waals surface area contributed by atoms with Crippen LogP contribution in [-0.2, 0) is 0 Å². The molecule has 1 aliphatic rings. The van der Waals surface area contributed by atoms with Gasteiger partial charge in [0, 0.05) is 24.2 Å². The van der Waals surface area contributed by atoms with E-state index in [0.29, 0.717) is 33.8 Å². The van der Waals surface area contributed by atoms with Gasteiger partial charge in [-0.05, 0) is 31.0 Å². The highest BCUT2D eigenvalue weighted by molar-refractivity contribution is 7.80. The van der Waals surface area contributed by atoms with Crippen LogP contribution in [0.15, 0.2) is 18.2 Å². The van der Waals surface area contributed by atoms with Crippen molar-refractivity contribution in [1.82, 2.24) is 4.90 Å². The van der Waals surface area contributed by atoms with Gasteiger partial charge in [0.25, 0.3) is 0 Å². The van der Waals surface area contributed by atoms with E-state index in [4.69, 9.17) is 41.2 Å². The molecule has 1 fully saturated rings. The number of nitrogens with zero attached hydrogens (tertiary/aromatic N) is 1. The number of halogens is 2. The highest BCUT2D eigenvalue weighted by atomic mass is 35.5. The second-order valence-electron chi connectivity index (χ2n) is 5.47. The third-order valence-electron chi connectivity index (χ3n) is 3.92. The maximum atomic E-state index is 12.2. The van der Waals surface area contributed by atoms with Crippen molar-refractivity contribution >= 4 is 52.1 Å². The van der Waals surface area contributed by atoms with Crippen molar-refractivity contribution in [3.05, 3.63) is 28.2 Å². The molecule has 1 aromatic rings. The summed E-state index contributed by atoms with van der Waals surface area (Å²) in [6, 6.07) is 4.85. The van der Waals surface area contributed by atoms with E-state index in [1.807, 2.05) is 6.92 Å². The Morgan fingerprint density at radius 2 is 1.95 bits per heavy atom. The van der Waals surface area contributed by atoms with Crippen LogP contribution in [0.1, 0.15) is 19.8 Å². The maximum Gasteiger partial charge on any atom is 0.321 e. The quantitative estimate of drug-likeness (QED) is 0.798. The number of hydrogen-bond acceptors (Lipinski definition) is 2. The Bertz CT molecular complexity index is 571. The third-order valence-corrected chi connectivity index (χ3v) is 5.15. The molecule has 0 radical (unpaired) electrons. The van der Waals surface area contributed by atoms with E-state index in [1.54, 1.807) is 23.1 Å². The number of rotatable bonds is 2. The van der Waals surface area contributed by atoms with Crippen LogP contribution < -0.4 is 11.1 Å². The Balaban J connectivity index is 1.96. The summed E-state index contributed by atoms with van der Waals surface area (Å²) in [6.07, 6.45) is 1.55. The van der Waals surface area contributed by atoms with Crippen molar-refractivity contribution in [2.24, 2.45) is 11.1 Å². The highest BCUT2D eigenvalue weighted by Gasteiger charge is 2.34. The molecule has 1 aliphatic heterocycles. The average Bonchev–Trinajstić information content (AvgIpc) is 2.43. The molecular formula is C14H17Cl2N3OS. The lowest BCUT2D eigenvalue weighted by molar-refractivity contribution is 0.171. The lowest BCUT2D eigenvalue weighted by Crippen LogP contribution is -2.47. The number of carbonyl (C=O) groups is 1. The van der Waals surface area contributed by atoms with Crippen molar-refractivity contribution in [1.29, 1.82) is 0 Å². The van der Waals surface area contributed by atoms with Gasteiger partial charge >= 0.3 is 6.03 Å². The fourth-order valence-electron chi connectivity index (χ4n) is 2.23. The normalized spacial score (nSPS) is 17.4. The van der Waals surface area contributed by atoms with Gasteiger partial charge in [-0.1, -0.05) is 42.3 Å². The first-order chi connectivity index (χ1) is 9.82. The monoisotopic (exact) mass is 345 g/mol. The molecule has 0 aliphatic carbocycles. The lowest BCUT2D eigenvalue weighted by Gasteiger charge is -2.38. The summed E-state index contributed by atoms with van der Waals surface area (Å²) in [4.78, 5) is 14.5. The van der Waals surface area contributed by atoms with Gasteiger partial charge in [0.15, 0.2) is 0 Å². The molecule has 0 saturated carbocycles. The van der Waals surface area contributed by atoms with Crippen molar-refractivity contribution in [3.63, 3.8) is 0 Å². The first kappa shape index (κ1) is 16.3. The summed E-state index contributed by atoms with van der Waals surface area (Å²) < 4.78 is 0. The number of benzene rings is 1. The van der Waals surface area contributed by atoms with Crippen LogP contribution in [0.2, 0.25) is 10.0 Å². The van der Waals surface area contributed by atoms with Gasteiger partial charge < -0.3 is 16.0 Å². The van der Waals surface area contributed by atoms with Crippen LogP contribution in [0, 0.1) is 5.41 Å². The lowest BCUT2D eigenvalue weighted by atomic mass is 9.80. The summed E-state index contributed by atoms with van der Waals surface area (Å²) in [5.41, 5.74) is 6.23. The molecular weight excluding hydrogens is 329 g/mol. The smallest absolute Gasteiger partial charge is 0.321 e. The number of nitrogens with one attached hydrogen (secondary N) is 1. The number of carbonyl (C=O) groups excluding carboxylic acids is 1. The Labute approximate surface area is 139 Å². The molecule has 1 saturated heterocycles. The van der Waals surface area contributed by atoms with E-state index in [2.05, 4.69) is 5.32 Å². The third kappa shape index (κ3) is 3.78. The molecule has 0 atom stereocenters. The summed E-state index contributed by atoms with van der Waals surface area (Å²) >= 11 is 16.9. The van der Waals surface area contributed by atoms with E-state index < -0.39 is 0 Å². The largest absolute Gasteiger partial charge is 0.393 e. The molecule has 0 bridgehead atoms. The zero-order chi connectivity index (χ0) is 15.6. The maximum absolute atomic E-state index is 12.2. The minimum absolute atomic E-state index is 0.154. The summed E-state index contributed by atoms with van der Waals surface area (Å²) in [5, 5.41) is 3.69. The van der Waals surface area contributed by atoms with Crippen LogP contribution in [0.4, 0.5) is 10.5 Å². The molecule has 3 N–H and O–H groups in total. The topological polar surface area (TPSA) is 58.4 Å². The average molecular weight is 346 g/mol. The number of anilines is 1. The van der Waals surface area contributed by atoms with Gasteiger partial charge in [0.05, 0.1) is 15.0 Å². The van der Waals surface area contributed by atoms with Crippen LogP contribution in [0.3, 0.4) is 0 Å². The SMILES string of the molecule is CC1(C(N)=S)CCN(C(=O)Nc2ccc(Cl)c(Cl)c2)CC1. The zero-order valence-electron chi connectivity index (χ0n) is 11.7. The Hall–Kier alpha value is -1.04. The predicted molar refractivity (Wildman–Crippen MR) is 91.2 cm³/mol. The number of thiocarbonyl (C=S) groups is 1. The summed E-state index contributed by atoms with van der Waals surface area (Å²) in [7, 11) is 0. The fraction of sp³-hybridized carbons (Fsp3) is 0.429. The minimum Gasteiger partial charge on any atom is -0.393 e. The number of piperidine rings is 1. The minimum atomic E-state index is -0.157. The van der Waals surface area contributed by atoms with Crippen LogP contribution in [0.5, 0.6) is 0 Å². The van der Waals surface area contributed by atoms with E-state index >= 15 is 0 Å². The molecule has 7 heteroatoms. The van der Waals surface area contributed by atoms with Gasteiger partial charge in [0.1, 0.15) is 0 Å². The second-order valence-corrected chi connectivity index (χ2v) is 6.73. The second kappa shape index (κ2) is 6.38. The van der Waals surface area contributed by atoms with E-state index in [-0.39, 0.29) is 11.4 Å². The Kier molecular flexibility index (Phi) is 4.96. The fourth-order valence-corrected chi connectivity index (χ4v) is 2.73. The molecule has 21 heavy (non-hydrogen) atoms. The number of nitrogens with two attached hydrogens (primary N) is 1. The molecule has 4 nitrogen and oxygen atoms in total. The van der Waals surface area contributed by atoms with Crippen molar-refractivity contribution in [2.75, 3.05) is 18.4 Å². The van der Waals surface area contributed by atoms with Gasteiger partial charge in [0.2, 0.25) is 0 Å². The van der Waals surface area contributed by atoms with E-state index in [0.717, 1.165) is 12.8 Å². The zero-order valence-corrected chi connectivity index (χ0v) is 14.0. The molecule has 0 unspecified atom stereocenters. The molecule has 0 aromatic heterocycles. The standard InChI is InChI=1S/C14H17Cl2N3OS/c1-14(12(17)21)4-6-19(7-5-14)13(20)18-9-2-3-10(15)11(16)8-9/h2-3,8H,4-7H2,1H3,(H2,17,21)(H,18,20). The van der Waals surface area contributed by atoms with Gasteiger partial charge in [-0.2, -0.15) is 0 Å². The number of likely N-dealkylation sites (tertiary alicyclic amines) is 1. The van der Waals surface area contributed by atoms with Gasteiger partial charge in [-0.3, -0.25) is 0 Å². The van der Waals surface area contributed by atoms with Crippen LogP contribution in [-0.4, -0.2) is 29.0 Å². The molecule has 1 heterocycles. The van der Waals surface area contributed by atoms with Crippen molar-refractivity contribution < 1.29 is 4.79 Å². The van der Waals surface area contributed by atoms with E-state index in [9.17, 15) is 4.79 Å². The molecule has 0 spiro atoms. The molecule has 2 amide bonds. The van der Waals surface area contributed by atoms with Crippen molar-refractivity contribution in [2.45, 2.75) is 19.8 Å². The molecule has 1 aromatic carbocycles. The molecule has 2 rings (SSSR count). The predicted octanol–water partition coefficient (Wildman–Crippen LogP) is 3.91. The Morgan fingerprint density at radius 3 is 2.48 bits per heavy atom. The number of urea groups is 1. The molecule has 114 valence electrons. The van der Waals surface area contributed by atoms with Crippen molar-refractivity contribution in [3.8, 4) is 0 Å². The number of amides is 2. The number of hydrogen-bond donors (Lipinski definition) is 2. The van der Waals surface area contributed by atoms with Gasteiger partial charge in [-0.25, -0.2) is 4.79 Å². The first-order valence-corrected chi connectivity index (χ1v) is 7.79. The summed E-state index contributed by atoms with van der Waals surface area (Å²) in [6.45, 7) is 3.30. The van der Waals surface area contributed by atoms with Gasteiger partial charge in [-0.15, -0.1) is 0 Å². The highest BCUT2D eigenvalue weighted by Crippen LogP contribution is 2.31. The Morgan fingerprint density at radius 1 is 1.33 bits per heavy atom. The summed E-state index contributed by atoms with van der Waals surface area (Å²) in [5.74, 6) is 0. The van der Waals surface area contributed by atoms with E-state index in [1.165, 1.54) is 0 Å². The van der Waals surface area contributed by atoms with Crippen LogP contribution in [0.25, 0.3) is 0 Å². The first-order valence-electron chi connectivity index (χ1n) is 6.63. The van der Waals surface area contributed by atoms with Crippen LogP contribution >= 0.6 is 35.4 Å².